The van der Waals surface area contributed by atoms with E-state index in [-0.39, 0.29) is 13.2 Å². The minimum Gasteiger partial charge on any atom is -0.462 e. The van der Waals surface area contributed by atoms with Crippen molar-refractivity contribution in [3.8, 4) is 0 Å². The van der Waals surface area contributed by atoms with Crippen LogP contribution in [0.3, 0.4) is 0 Å². The Morgan fingerprint density at radius 1 is 1.45 bits per heavy atom. The number of hydrogen-bond donors (Lipinski definition) is 2. The van der Waals surface area contributed by atoms with E-state index in [1.165, 1.54) is 0 Å². The molecule has 0 aliphatic carbocycles. The molecule has 11 heavy (non-hydrogen) atoms. The molecule has 0 aliphatic rings. The van der Waals surface area contributed by atoms with Gasteiger partial charge in [0, 0.05) is 0 Å². The summed E-state index contributed by atoms with van der Waals surface area (Å²) in [5.74, 6) is -2.16. The quantitative estimate of drug-likeness (QED) is 0.403. The van der Waals surface area contributed by atoms with E-state index in [1.807, 2.05) is 0 Å². The maximum atomic E-state index is 10.3. The Balaban J connectivity index is 3.71. The fraction of sp³-hybridized carbons (Fsp3) is 0.750. The maximum Gasteiger partial charge on any atom is 0.323 e. The number of rotatable bonds is 4. The maximum absolute atomic E-state index is 10.3. The third-order valence-electron chi connectivity index (χ3n) is 0.655. The largest absolute Gasteiger partial charge is 0.462 e. The van der Waals surface area contributed by atoms with Crippen LogP contribution in [0.15, 0.2) is 0 Å². The number of ether oxygens (including phenoxy) is 1. The van der Waals surface area contributed by atoms with Gasteiger partial charge in [-0.25, -0.2) is 0 Å². The van der Waals surface area contributed by atoms with Gasteiger partial charge in [0.2, 0.25) is 0 Å². The summed E-state index contributed by atoms with van der Waals surface area (Å²) in [5, 5.41) is 8.12. The second kappa shape index (κ2) is 4.27. The van der Waals surface area contributed by atoms with Gasteiger partial charge in [0.1, 0.15) is 6.61 Å². The first-order valence-electron chi connectivity index (χ1n) is 2.67. The molecule has 0 aromatic rings. The minimum absolute atomic E-state index is 0.269. The van der Waals surface area contributed by atoms with Crippen LogP contribution in [0.2, 0.25) is 0 Å². The molecule has 2 N–H and O–H groups in total. The van der Waals surface area contributed by atoms with E-state index in [0.29, 0.717) is 0 Å². The van der Waals surface area contributed by atoms with Gasteiger partial charge in [-0.05, 0) is 0 Å². The van der Waals surface area contributed by atoms with Crippen LogP contribution in [-0.4, -0.2) is 43.0 Å². The molecule has 0 fully saturated rings. The van der Waals surface area contributed by atoms with Crippen molar-refractivity contribution < 1.29 is 27.6 Å². The second-order valence-electron chi connectivity index (χ2n) is 1.67. The van der Waals surface area contributed by atoms with E-state index < -0.39 is 21.8 Å². The SMILES string of the molecule is O=C(CS(=O)(=O)O)OCCO. The van der Waals surface area contributed by atoms with Gasteiger partial charge in [-0.3, -0.25) is 9.35 Å². The molecule has 0 spiro atoms. The lowest BCUT2D eigenvalue weighted by Gasteiger charge is -1.99. The smallest absolute Gasteiger partial charge is 0.323 e. The molecule has 0 saturated heterocycles. The van der Waals surface area contributed by atoms with Crippen LogP contribution in [0.1, 0.15) is 0 Å². The van der Waals surface area contributed by atoms with Crippen LogP contribution in [0.25, 0.3) is 0 Å². The van der Waals surface area contributed by atoms with Crippen LogP contribution < -0.4 is 0 Å². The Bertz CT molecular complexity index is 217. The summed E-state index contributed by atoms with van der Waals surface area (Å²) in [7, 11) is -4.31. The molecule has 0 saturated carbocycles. The fourth-order valence-corrected chi connectivity index (χ4v) is 0.731. The first kappa shape index (κ1) is 10.3. The Morgan fingerprint density at radius 3 is 2.36 bits per heavy atom. The van der Waals surface area contributed by atoms with E-state index in [0.717, 1.165) is 0 Å². The molecule has 0 atom stereocenters. The predicted molar refractivity (Wildman–Crippen MR) is 34.5 cm³/mol. The first-order chi connectivity index (χ1) is 4.95. The third kappa shape index (κ3) is 7.23. The zero-order valence-corrected chi connectivity index (χ0v) is 6.37. The molecule has 0 aliphatic heterocycles. The third-order valence-corrected chi connectivity index (χ3v) is 1.26. The van der Waals surface area contributed by atoms with E-state index in [9.17, 15) is 13.2 Å². The highest BCUT2D eigenvalue weighted by atomic mass is 32.2. The molecule has 0 unspecified atom stereocenters. The molecule has 0 heterocycles. The predicted octanol–water partition coefficient (Wildman–Crippen LogP) is -1.59. The van der Waals surface area contributed by atoms with Gasteiger partial charge in [-0.15, -0.1) is 0 Å². The summed E-state index contributed by atoms with van der Waals surface area (Å²) in [4.78, 5) is 10.3. The van der Waals surface area contributed by atoms with Crippen molar-refractivity contribution in [1.29, 1.82) is 0 Å². The van der Waals surface area contributed by atoms with Crippen LogP contribution in [0.4, 0.5) is 0 Å². The fourth-order valence-electron chi connectivity index (χ4n) is 0.350. The zero-order valence-electron chi connectivity index (χ0n) is 5.56. The molecule has 0 bridgehead atoms. The van der Waals surface area contributed by atoms with E-state index in [4.69, 9.17) is 9.66 Å². The molecule has 0 amide bonds. The molecule has 0 radical (unpaired) electrons. The highest BCUT2D eigenvalue weighted by Crippen LogP contribution is 1.85. The van der Waals surface area contributed by atoms with Crippen molar-refractivity contribution in [3.63, 3.8) is 0 Å². The minimum atomic E-state index is -4.31. The van der Waals surface area contributed by atoms with Crippen molar-refractivity contribution in [2.24, 2.45) is 0 Å². The van der Waals surface area contributed by atoms with Gasteiger partial charge in [0.25, 0.3) is 10.1 Å². The van der Waals surface area contributed by atoms with Crippen molar-refractivity contribution in [1.82, 2.24) is 0 Å². The Labute approximate surface area is 63.5 Å². The van der Waals surface area contributed by atoms with Crippen molar-refractivity contribution >= 4 is 16.1 Å². The average Bonchev–Trinajstić information content (AvgIpc) is 1.79. The molecule has 0 rings (SSSR count). The standard InChI is InChI=1S/C4H8O6S/c5-1-2-10-4(6)3-11(7,8)9/h5H,1-3H2,(H,7,8,9). The second-order valence-corrected chi connectivity index (χ2v) is 3.12. The average molecular weight is 184 g/mol. The van der Waals surface area contributed by atoms with Crippen molar-refractivity contribution in [3.05, 3.63) is 0 Å². The summed E-state index contributed by atoms with van der Waals surface area (Å²) in [6.45, 7) is -0.647. The van der Waals surface area contributed by atoms with Crippen molar-refractivity contribution in [2.45, 2.75) is 0 Å². The van der Waals surface area contributed by atoms with Crippen LogP contribution in [0, 0.1) is 0 Å². The number of aliphatic hydroxyl groups is 1. The van der Waals surface area contributed by atoms with E-state index >= 15 is 0 Å². The normalized spacial score (nSPS) is 11.1. The molecule has 0 aromatic carbocycles. The molecular formula is C4H8O6S. The first-order valence-corrected chi connectivity index (χ1v) is 4.28. The van der Waals surface area contributed by atoms with Crippen molar-refractivity contribution in [2.75, 3.05) is 19.0 Å². The number of esters is 1. The topological polar surface area (TPSA) is 101 Å². The lowest BCUT2D eigenvalue weighted by molar-refractivity contribution is -0.141. The summed E-state index contributed by atoms with van der Waals surface area (Å²) in [6, 6.07) is 0. The van der Waals surface area contributed by atoms with Gasteiger partial charge < -0.3 is 9.84 Å². The number of hydrogen-bond acceptors (Lipinski definition) is 5. The Hall–Kier alpha value is -0.660. The highest BCUT2D eigenvalue weighted by Gasteiger charge is 2.13. The number of aliphatic hydroxyl groups excluding tert-OH is 1. The zero-order chi connectivity index (χ0) is 8.91. The van der Waals surface area contributed by atoms with E-state index in [1.54, 1.807) is 0 Å². The Morgan fingerprint density at radius 2 is 2.00 bits per heavy atom. The highest BCUT2D eigenvalue weighted by molar-refractivity contribution is 7.86. The summed E-state index contributed by atoms with van der Waals surface area (Å²) >= 11 is 0. The van der Waals surface area contributed by atoms with Gasteiger partial charge in [0.15, 0.2) is 5.75 Å². The van der Waals surface area contributed by atoms with Crippen LogP contribution >= 0.6 is 0 Å². The number of carbonyl (C=O) groups is 1. The monoisotopic (exact) mass is 184 g/mol. The lowest BCUT2D eigenvalue weighted by Crippen LogP contribution is -2.19. The molecule has 0 aromatic heterocycles. The summed E-state index contributed by atoms with van der Waals surface area (Å²) < 4.78 is 32.2. The van der Waals surface area contributed by atoms with Gasteiger partial charge in [-0.1, -0.05) is 0 Å². The molecule has 6 nitrogen and oxygen atoms in total. The molecule has 7 heteroatoms. The van der Waals surface area contributed by atoms with Gasteiger partial charge in [0.05, 0.1) is 6.61 Å². The number of carbonyl (C=O) groups excluding carboxylic acids is 1. The van der Waals surface area contributed by atoms with E-state index in [2.05, 4.69) is 4.74 Å². The van der Waals surface area contributed by atoms with Crippen LogP contribution in [-0.2, 0) is 19.6 Å². The van der Waals surface area contributed by atoms with Gasteiger partial charge >= 0.3 is 5.97 Å². The lowest BCUT2D eigenvalue weighted by atomic mass is 10.7. The Kier molecular flexibility index (Phi) is 4.01. The molecule has 66 valence electrons. The summed E-state index contributed by atoms with van der Waals surface area (Å²) in [6.07, 6.45) is 0. The molecular weight excluding hydrogens is 176 g/mol. The van der Waals surface area contributed by atoms with Crippen LogP contribution in [0.5, 0.6) is 0 Å². The summed E-state index contributed by atoms with van der Waals surface area (Å²) in [5.41, 5.74) is 0. The van der Waals surface area contributed by atoms with Gasteiger partial charge in [-0.2, -0.15) is 8.42 Å².